The molecule has 0 aliphatic rings. The lowest BCUT2D eigenvalue weighted by Gasteiger charge is -2.07. The van der Waals surface area contributed by atoms with Crippen LogP contribution in [0.15, 0.2) is 70.9 Å². The summed E-state index contributed by atoms with van der Waals surface area (Å²) in [6.07, 6.45) is 3.76. The van der Waals surface area contributed by atoms with Crippen LogP contribution in [0.3, 0.4) is 0 Å². The van der Waals surface area contributed by atoms with Crippen molar-refractivity contribution in [3.8, 4) is 5.75 Å². The molecule has 0 radical (unpaired) electrons. The van der Waals surface area contributed by atoms with Gasteiger partial charge in [0.1, 0.15) is 11.6 Å². The fourth-order valence-corrected chi connectivity index (χ4v) is 2.27. The van der Waals surface area contributed by atoms with E-state index in [9.17, 15) is 9.18 Å². The van der Waals surface area contributed by atoms with E-state index in [0.29, 0.717) is 30.2 Å². The van der Waals surface area contributed by atoms with E-state index in [0.717, 1.165) is 31.4 Å². The maximum Gasteiger partial charge on any atom is 0.333 e. The van der Waals surface area contributed by atoms with Crippen molar-refractivity contribution < 1.29 is 18.7 Å². The molecule has 28 heavy (non-hydrogen) atoms. The summed E-state index contributed by atoms with van der Waals surface area (Å²) in [5.41, 5.74) is 1.72. The summed E-state index contributed by atoms with van der Waals surface area (Å²) in [6, 6.07) is 13.2. The highest BCUT2D eigenvalue weighted by Crippen LogP contribution is 2.21. The van der Waals surface area contributed by atoms with E-state index in [4.69, 9.17) is 9.47 Å². The monoisotopic (exact) mass is 384 g/mol. The Morgan fingerprint density at radius 1 is 0.893 bits per heavy atom. The van der Waals surface area contributed by atoms with Gasteiger partial charge in [0, 0.05) is 5.57 Å². The Morgan fingerprint density at radius 3 is 2.00 bits per heavy atom. The molecule has 0 saturated carbocycles. The Hall–Kier alpha value is -3.02. The van der Waals surface area contributed by atoms with Crippen LogP contribution in [0.1, 0.15) is 32.6 Å². The number of ether oxygens (including phenoxy) is 2. The smallest absolute Gasteiger partial charge is 0.333 e. The van der Waals surface area contributed by atoms with Gasteiger partial charge in [-0.1, -0.05) is 6.58 Å². The van der Waals surface area contributed by atoms with E-state index in [-0.39, 0.29) is 11.8 Å². The van der Waals surface area contributed by atoms with Crippen molar-refractivity contribution in [1.82, 2.24) is 0 Å². The molecular formula is C22H25FN2O3. The van der Waals surface area contributed by atoms with E-state index < -0.39 is 0 Å². The molecule has 2 aromatic rings. The van der Waals surface area contributed by atoms with Gasteiger partial charge >= 0.3 is 5.97 Å². The number of azo groups is 1. The molecule has 2 rings (SSSR count). The quantitative estimate of drug-likeness (QED) is 0.198. The second-order valence-electron chi connectivity index (χ2n) is 6.35. The third-order valence-corrected chi connectivity index (χ3v) is 3.83. The van der Waals surface area contributed by atoms with Crippen LogP contribution in [0.5, 0.6) is 5.75 Å². The summed E-state index contributed by atoms with van der Waals surface area (Å²) >= 11 is 0. The van der Waals surface area contributed by atoms with Gasteiger partial charge in [-0.15, -0.1) is 0 Å². The van der Waals surface area contributed by atoms with Gasteiger partial charge in [0.15, 0.2) is 0 Å². The topological polar surface area (TPSA) is 60.2 Å². The summed E-state index contributed by atoms with van der Waals surface area (Å²) in [5, 5.41) is 8.17. The maximum atomic E-state index is 12.8. The Morgan fingerprint density at radius 2 is 1.43 bits per heavy atom. The van der Waals surface area contributed by atoms with Gasteiger partial charge in [0.25, 0.3) is 0 Å². The Bertz CT molecular complexity index is 786. The molecule has 0 heterocycles. The van der Waals surface area contributed by atoms with Gasteiger partial charge in [-0.2, -0.15) is 10.2 Å². The first-order valence-corrected chi connectivity index (χ1v) is 9.27. The van der Waals surface area contributed by atoms with Crippen LogP contribution in [-0.4, -0.2) is 19.2 Å². The van der Waals surface area contributed by atoms with Crippen LogP contribution in [-0.2, 0) is 9.53 Å². The highest BCUT2D eigenvalue weighted by molar-refractivity contribution is 5.86. The van der Waals surface area contributed by atoms with Crippen LogP contribution < -0.4 is 4.74 Å². The summed E-state index contributed by atoms with van der Waals surface area (Å²) in [4.78, 5) is 11.2. The Kier molecular flexibility index (Phi) is 8.85. The SMILES string of the molecule is C=C(C)C(=O)OCCCCCCOc1ccc(/N=N/c2ccc(F)cc2)cc1. The fraction of sp³-hybridized carbons (Fsp3) is 0.318. The number of halogens is 1. The normalized spacial score (nSPS) is 10.8. The van der Waals surface area contributed by atoms with E-state index >= 15 is 0 Å². The van der Waals surface area contributed by atoms with Crippen LogP contribution >= 0.6 is 0 Å². The van der Waals surface area contributed by atoms with Crippen LogP contribution in [0.25, 0.3) is 0 Å². The largest absolute Gasteiger partial charge is 0.494 e. The number of unbranched alkanes of at least 4 members (excludes halogenated alkanes) is 3. The average Bonchev–Trinajstić information content (AvgIpc) is 2.70. The molecule has 0 aliphatic heterocycles. The molecule has 148 valence electrons. The van der Waals surface area contributed by atoms with Gasteiger partial charge in [-0.3, -0.25) is 0 Å². The van der Waals surface area contributed by atoms with Gasteiger partial charge in [-0.05, 0) is 81.1 Å². The highest BCUT2D eigenvalue weighted by atomic mass is 19.1. The lowest BCUT2D eigenvalue weighted by atomic mass is 10.2. The van der Waals surface area contributed by atoms with Crippen molar-refractivity contribution in [3.63, 3.8) is 0 Å². The number of esters is 1. The van der Waals surface area contributed by atoms with E-state index in [1.807, 2.05) is 24.3 Å². The zero-order chi connectivity index (χ0) is 20.2. The van der Waals surface area contributed by atoms with Gasteiger partial charge in [-0.25, -0.2) is 9.18 Å². The summed E-state index contributed by atoms with van der Waals surface area (Å²) < 4.78 is 23.6. The number of hydrogen-bond donors (Lipinski definition) is 0. The van der Waals surface area contributed by atoms with Crippen LogP contribution in [0, 0.1) is 5.82 Å². The second-order valence-corrected chi connectivity index (χ2v) is 6.35. The maximum absolute atomic E-state index is 12.8. The molecule has 0 saturated heterocycles. The molecule has 0 spiro atoms. The number of carbonyl (C=O) groups excluding carboxylic acids is 1. The molecule has 0 aromatic heterocycles. The van der Waals surface area contributed by atoms with Crippen molar-refractivity contribution >= 4 is 17.3 Å². The Balaban J connectivity index is 1.60. The van der Waals surface area contributed by atoms with Crippen molar-refractivity contribution in [2.45, 2.75) is 32.6 Å². The lowest BCUT2D eigenvalue weighted by molar-refractivity contribution is -0.139. The third kappa shape index (κ3) is 8.12. The van der Waals surface area contributed by atoms with Crippen molar-refractivity contribution in [2.75, 3.05) is 13.2 Å². The molecule has 2 aromatic carbocycles. The van der Waals surface area contributed by atoms with E-state index in [1.54, 1.807) is 19.1 Å². The molecule has 0 atom stereocenters. The zero-order valence-corrected chi connectivity index (χ0v) is 16.1. The standard InChI is InChI=1S/C22H25FN2O3/c1-17(2)22(26)28-16-6-4-3-5-15-27-21-13-11-20(12-14-21)25-24-19-9-7-18(23)8-10-19/h7-14H,1,3-6,15-16H2,2H3/b25-24+. The molecule has 0 aliphatic carbocycles. The van der Waals surface area contributed by atoms with Gasteiger partial charge in [0.05, 0.1) is 24.6 Å². The number of benzene rings is 2. The zero-order valence-electron chi connectivity index (χ0n) is 16.1. The molecule has 0 N–H and O–H groups in total. The summed E-state index contributed by atoms with van der Waals surface area (Å²) in [5.74, 6) is 0.145. The number of carbonyl (C=O) groups is 1. The Labute approximate surface area is 164 Å². The van der Waals surface area contributed by atoms with Crippen LogP contribution in [0.2, 0.25) is 0 Å². The molecule has 0 amide bonds. The lowest BCUT2D eigenvalue weighted by Crippen LogP contribution is -2.06. The number of nitrogens with zero attached hydrogens (tertiary/aromatic N) is 2. The average molecular weight is 384 g/mol. The molecule has 6 heteroatoms. The summed E-state index contributed by atoms with van der Waals surface area (Å²) in [6.45, 7) is 6.24. The number of rotatable bonds is 11. The van der Waals surface area contributed by atoms with Crippen LogP contribution in [0.4, 0.5) is 15.8 Å². The van der Waals surface area contributed by atoms with E-state index in [2.05, 4.69) is 16.8 Å². The first kappa shape index (κ1) is 21.3. The highest BCUT2D eigenvalue weighted by Gasteiger charge is 2.02. The van der Waals surface area contributed by atoms with Crippen molar-refractivity contribution in [3.05, 3.63) is 66.5 Å². The fourth-order valence-electron chi connectivity index (χ4n) is 2.27. The predicted octanol–water partition coefficient (Wildman–Crippen LogP) is 6.30. The van der Waals surface area contributed by atoms with Gasteiger partial charge in [0.2, 0.25) is 0 Å². The minimum absolute atomic E-state index is 0.299. The van der Waals surface area contributed by atoms with Crippen molar-refractivity contribution in [2.24, 2.45) is 10.2 Å². The molecular weight excluding hydrogens is 359 g/mol. The molecule has 0 bridgehead atoms. The predicted molar refractivity (Wildman–Crippen MR) is 107 cm³/mol. The minimum atomic E-state index is -0.330. The first-order valence-electron chi connectivity index (χ1n) is 9.27. The first-order chi connectivity index (χ1) is 13.5. The molecule has 0 fully saturated rings. The summed E-state index contributed by atoms with van der Waals surface area (Å²) in [7, 11) is 0. The third-order valence-electron chi connectivity index (χ3n) is 3.83. The number of hydrogen-bond acceptors (Lipinski definition) is 5. The van der Waals surface area contributed by atoms with Gasteiger partial charge < -0.3 is 9.47 Å². The molecule has 5 nitrogen and oxygen atoms in total. The minimum Gasteiger partial charge on any atom is -0.494 e. The van der Waals surface area contributed by atoms with Crippen molar-refractivity contribution in [1.29, 1.82) is 0 Å². The molecule has 0 unspecified atom stereocenters. The van der Waals surface area contributed by atoms with E-state index in [1.165, 1.54) is 12.1 Å². The second kappa shape index (κ2) is 11.6.